The number of nitrogens with zero attached hydrogens (tertiary/aromatic N) is 2. The minimum atomic E-state index is -0.258. The number of imide groups is 1. The predicted molar refractivity (Wildman–Crippen MR) is 97.7 cm³/mol. The number of allylic oxidation sites excluding steroid dienone is 2. The van der Waals surface area contributed by atoms with Gasteiger partial charge < -0.3 is 5.11 Å². The predicted octanol–water partition coefficient (Wildman–Crippen LogP) is 3.30. The van der Waals surface area contributed by atoms with Gasteiger partial charge in [-0.05, 0) is 58.2 Å². The second-order valence-electron chi connectivity index (χ2n) is 7.21. The number of benzene rings is 1. The molecule has 1 saturated heterocycles. The minimum absolute atomic E-state index is 0.0199. The molecule has 0 unspecified atom stereocenters. The second-order valence-corrected chi connectivity index (χ2v) is 8.98. The molecule has 128 valence electrons. The van der Waals surface area contributed by atoms with E-state index in [-0.39, 0.29) is 41.2 Å². The van der Waals surface area contributed by atoms with Gasteiger partial charge in [-0.2, -0.15) is 10.1 Å². The van der Waals surface area contributed by atoms with Gasteiger partial charge in [0.2, 0.25) is 0 Å². The molecule has 1 aromatic rings. The zero-order valence-corrected chi connectivity index (χ0v) is 16.1. The molecule has 6 atom stereocenters. The standard InChI is InChI=1S/C18H14Br2N2O3/c19-8-3-7(16(23)13(20)4-8)6-21-22-17(24)14-9-1-2-10(12-5-11(9)12)15(14)18(22)25/h1-4,6,9-12,14-15,23H,5H2/b21-6-/t9-,10-,11-,12-,14+,15+/m0/s1. The summed E-state index contributed by atoms with van der Waals surface area (Å²) in [5.74, 6) is 0.608. The Morgan fingerprint density at radius 2 is 1.68 bits per heavy atom. The number of hydrogen-bond donors (Lipinski definition) is 1. The van der Waals surface area contributed by atoms with Crippen LogP contribution in [-0.2, 0) is 9.59 Å². The number of phenols is 1. The summed E-state index contributed by atoms with van der Waals surface area (Å²) in [6.45, 7) is 0. The van der Waals surface area contributed by atoms with Crippen LogP contribution in [0.25, 0.3) is 0 Å². The lowest BCUT2D eigenvalue weighted by Gasteiger charge is -2.37. The summed E-state index contributed by atoms with van der Waals surface area (Å²) in [6.07, 6.45) is 6.78. The molecule has 1 aliphatic heterocycles. The van der Waals surface area contributed by atoms with E-state index in [1.807, 2.05) is 0 Å². The van der Waals surface area contributed by atoms with Gasteiger partial charge in [-0.25, -0.2) is 0 Å². The normalized spacial score (nSPS) is 37.8. The molecule has 1 N–H and O–H groups in total. The van der Waals surface area contributed by atoms with Crippen molar-refractivity contribution >= 4 is 49.9 Å². The van der Waals surface area contributed by atoms with E-state index in [1.54, 1.807) is 12.1 Å². The van der Waals surface area contributed by atoms with Crippen LogP contribution in [0.4, 0.5) is 0 Å². The molecule has 6 rings (SSSR count). The van der Waals surface area contributed by atoms with E-state index in [9.17, 15) is 14.7 Å². The molecule has 2 bridgehead atoms. The molecule has 3 fully saturated rings. The average molecular weight is 466 g/mol. The summed E-state index contributed by atoms with van der Waals surface area (Å²) in [4.78, 5) is 25.6. The summed E-state index contributed by atoms with van der Waals surface area (Å²) >= 11 is 6.61. The molecule has 1 aromatic carbocycles. The average Bonchev–Trinajstić information content (AvgIpc) is 3.36. The number of hydrazone groups is 1. The first-order valence-corrected chi connectivity index (χ1v) is 9.84. The lowest BCUT2D eigenvalue weighted by Crippen LogP contribution is -2.40. The van der Waals surface area contributed by atoms with Crippen LogP contribution >= 0.6 is 31.9 Å². The molecule has 4 aliphatic carbocycles. The number of aromatic hydroxyl groups is 1. The van der Waals surface area contributed by atoms with E-state index in [1.165, 1.54) is 6.21 Å². The van der Waals surface area contributed by atoms with E-state index in [0.29, 0.717) is 21.9 Å². The molecule has 2 saturated carbocycles. The first-order chi connectivity index (χ1) is 12.0. The summed E-state index contributed by atoms with van der Waals surface area (Å²) in [5.41, 5.74) is 0.431. The third-order valence-corrected chi connectivity index (χ3v) is 7.07. The fourth-order valence-corrected chi connectivity index (χ4v) is 6.12. The van der Waals surface area contributed by atoms with Crippen molar-refractivity contribution in [1.29, 1.82) is 0 Å². The summed E-state index contributed by atoms with van der Waals surface area (Å²) in [6, 6.07) is 3.39. The zero-order chi connectivity index (χ0) is 17.5. The Hall–Kier alpha value is -1.47. The molecule has 5 aliphatic rings. The van der Waals surface area contributed by atoms with E-state index in [0.717, 1.165) is 15.9 Å². The van der Waals surface area contributed by atoms with Crippen LogP contribution < -0.4 is 0 Å². The van der Waals surface area contributed by atoms with E-state index in [2.05, 4.69) is 49.1 Å². The van der Waals surface area contributed by atoms with Gasteiger partial charge in [0.05, 0.1) is 22.5 Å². The molecule has 0 radical (unpaired) electrons. The topological polar surface area (TPSA) is 70.0 Å². The van der Waals surface area contributed by atoms with Crippen molar-refractivity contribution < 1.29 is 14.7 Å². The highest BCUT2D eigenvalue weighted by molar-refractivity contribution is 9.11. The molecule has 7 heteroatoms. The number of carbonyl (C=O) groups is 2. The van der Waals surface area contributed by atoms with Crippen LogP contribution in [0.3, 0.4) is 0 Å². The molecule has 5 nitrogen and oxygen atoms in total. The molecule has 0 spiro atoms. The van der Waals surface area contributed by atoms with Crippen molar-refractivity contribution in [2.45, 2.75) is 6.42 Å². The van der Waals surface area contributed by atoms with Gasteiger partial charge in [0.15, 0.2) is 0 Å². The fraction of sp³-hybridized carbons (Fsp3) is 0.389. The van der Waals surface area contributed by atoms with Crippen LogP contribution in [0.5, 0.6) is 5.75 Å². The van der Waals surface area contributed by atoms with Crippen molar-refractivity contribution in [3.05, 3.63) is 38.8 Å². The maximum absolute atomic E-state index is 12.8. The Bertz CT molecular complexity index is 845. The van der Waals surface area contributed by atoms with Crippen molar-refractivity contribution in [3.63, 3.8) is 0 Å². The molecular weight excluding hydrogens is 452 g/mol. The number of phenolic OH excluding ortho intramolecular Hbond substituents is 1. The smallest absolute Gasteiger partial charge is 0.254 e. The van der Waals surface area contributed by atoms with E-state index >= 15 is 0 Å². The Kier molecular flexibility index (Phi) is 3.32. The summed E-state index contributed by atoms with van der Waals surface area (Å²) < 4.78 is 1.27. The number of amides is 2. The van der Waals surface area contributed by atoms with Crippen molar-refractivity contribution in [1.82, 2.24) is 5.01 Å². The summed E-state index contributed by atoms with van der Waals surface area (Å²) in [5, 5.41) is 15.3. The van der Waals surface area contributed by atoms with Gasteiger partial charge in [-0.3, -0.25) is 9.59 Å². The first kappa shape index (κ1) is 15.8. The Morgan fingerprint density at radius 3 is 2.28 bits per heavy atom. The third-order valence-electron chi connectivity index (χ3n) is 6.01. The van der Waals surface area contributed by atoms with E-state index in [4.69, 9.17) is 0 Å². The number of hydrogen-bond acceptors (Lipinski definition) is 4. The lowest BCUT2D eigenvalue weighted by atomic mass is 9.63. The second kappa shape index (κ2) is 5.27. The van der Waals surface area contributed by atoms with Gasteiger partial charge in [-0.1, -0.05) is 28.1 Å². The number of carbonyl (C=O) groups excluding carboxylic acids is 2. The Balaban J connectivity index is 1.47. The highest BCUT2D eigenvalue weighted by Gasteiger charge is 2.67. The van der Waals surface area contributed by atoms with Crippen LogP contribution in [0.2, 0.25) is 0 Å². The Morgan fingerprint density at radius 1 is 1.08 bits per heavy atom. The molecule has 0 aromatic heterocycles. The van der Waals surface area contributed by atoms with Crippen LogP contribution in [0.1, 0.15) is 12.0 Å². The van der Waals surface area contributed by atoms with Crippen LogP contribution in [0, 0.1) is 35.5 Å². The molecule has 2 amide bonds. The van der Waals surface area contributed by atoms with Crippen molar-refractivity contribution in [2.24, 2.45) is 40.6 Å². The maximum atomic E-state index is 12.8. The van der Waals surface area contributed by atoms with Crippen molar-refractivity contribution in [3.8, 4) is 5.75 Å². The van der Waals surface area contributed by atoms with Gasteiger partial charge >= 0.3 is 0 Å². The highest BCUT2D eigenvalue weighted by atomic mass is 79.9. The quantitative estimate of drug-likeness (QED) is 0.414. The SMILES string of the molecule is O=C1[C@@H]2[C@H]3C=C[C@@H]([C@@H]4C[C@@H]34)[C@H]2C(=O)N1/N=C\c1cc(Br)cc(Br)c1O. The van der Waals surface area contributed by atoms with Gasteiger partial charge in [0, 0.05) is 10.0 Å². The minimum Gasteiger partial charge on any atom is -0.506 e. The summed E-state index contributed by atoms with van der Waals surface area (Å²) in [7, 11) is 0. The molecule has 1 heterocycles. The van der Waals surface area contributed by atoms with Gasteiger partial charge in [0.1, 0.15) is 5.75 Å². The monoisotopic (exact) mass is 464 g/mol. The van der Waals surface area contributed by atoms with Gasteiger partial charge in [-0.15, -0.1) is 0 Å². The number of rotatable bonds is 2. The lowest BCUT2D eigenvalue weighted by molar-refractivity contribution is -0.140. The fourth-order valence-electron chi connectivity index (χ4n) is 4.86. The first-order valence-electron chi connectivity index (χ1n) is 8.25. The van der Waals surface area contributed by atoms with Crippen molar-refractivity contribution in [2.75, 3.05) is 0 Å². The third kappa shape index (κ3) is 2.15. The highest BCUT2D eigenvalue weighted by Crippen LogP contribution is 2.65. The maximum Gasteiger partial charge on any atom is 0.254 e. The largest absolute Gasteiger partial charge is 0.506 e. The van der Waals surface area contributed by atoms with E-state index < -0.39 is 0 Å². The van der Waals surface area contributed by atoms with Crippen LogP contribution in [-0.4, -0.2) is 28.1 Å². The van der Waals surface area contributed by atoms with Crippen LogP contribution in [0.15, 0.2) is 38.3 Å². The molecule has 25 heavy (non-hydrogen) atoms. The van der Waals surface area contributed by atoms with Gasteiger partial charge in [0.25, 0.3) is 11.8 Å². The number of halogens is 2. The zero-order valence-electron chi connectivity index (χ0n) is 13.0. The molecular formula is C18H14Br2N2O3. The Labute approximate surface area is 161 Å².